The highest BCUT2D eigenvalue weighted by molar-refractivity contribution is 6.04. The molecule has 0 spiro atoms. The molecule has 1 aliphatic carbocycles. The van der Waals surface area contributed by atoms with E-state index in [2.05, 4.69) is 15.3 Å². The number of nitrogens with zero attached hydrogens (tertiary/aromatic N) is 3. The topological polar surface area (TPSA) is 75.2 Å². The van der Waals surface area contributed by atoms with Gasteiger partial charge in [-0.15, -0.1) is 0 Å². The maximum absolute atomic E-state index is 13.0. The summed E-state index contributed by atoms with van der Waals surface area (Å²) in [4.78, 5) is 36.4. The van der Waals surface area contributed by atoms with Crippen LogP contribution in [0.3, 0.4) is 0 Å². The van der Waals surface area contributed by atoms with Gasteiger partial charge in [-0.1, -0.05) is 19.3 Å². The molecule has 2 aliphatic rings. The van der Waals surface area contributed by atoms with Crippen LogP contribution in [0, 0.1) is 18.7 Å². The number of hydrogen-bond acceptors (Lipinski definition) is 4. The van der Waals surface area contributed by atoms with Gasteiger partial charge < -0.3 is 10.2 Å². The Morgan fingerprint density at radius 2 is 1.71 bits per heavy atom. The minimum Gasteiger partial charge on any atom is -0.342 e. The summed E-state index contributed by atoms with van der Waals surface area (Å²) in [6, 6.07) is 5.63. The lowest BCUT2D eigenvalue weighted by Crippen LogP contribution is -2.42. The second-order valence-electron chi connectivity index (χ2n) is 8.62. The summed E-state index contributed by atoms with van der Waals surface area (Å²) in [6.45, 7) is 3.29. The van der Waals surface area contributed by atoms with Gasteiger partial charge in [0.15, 0.2) is 0 Å². The first-order valence-electron chi connectivity index (χ1n) is 11.2. The molecule has 2 aromatic rings. The number of likely N-dealkylation sites (tertiary alicyclic amines) is 1. The monoisotopic (exact) mass is 424 g/mol. The molecule has 1 saturated heterocycles. The zero-order valence-electron chi connectivity index (χ0n) is 17.9. The maximum atomic E-state index is 13.0. The molecule has 2 amide bonds. The van der Waals surface area contributed by atoms with Gasteiger partial charge in [-0.05, 0) is 56.9 Å². The molecule has 31 heavy (non-hydrogen) atoms. The number of anilines is 1. The van der Waals surface area contributed by atoms with Crippen molar-refractivity contribution in [3.63, 3.8) is 0 Å². The van der Waals surface area contributed by atoms with Crippen LogP contribution in [0.25, 0.3) is 0 Å². The fraction of sp³-hybridized carbons (Fsp3) is 0.500. The number of hydrogen-bond donors (Lipinski definition) is 1. The van der Waals surface area contributed by atoms with Crippen LogP contribution in [0.1, 0.15) is 72.7 Å². The van der Waals surface area contributed by atoms with Gasteiger partial charge in [0.2, 0.25) is 5.91 Å². The summed E-state index contributed by atoms with van der Waals surface area (Å²) in [6.07, 6.45) is 8.90. The first-order chi connectivity index (χ1) is 15.0. The van der Waals surface area contributed by atoms with Crippen molar-refractivity contribution in [2.45, 2.75) is 57.8 Å². The van der Waals surface area contributed by atoms with Crippen LogP contribution in [-0.2, 0) is 4.79 Å². The molecule has 0 radical (unpaired) electrons. The molecular weight excluding hydrogens is 395 g/mol. The predicted octanol–water partition coefficient (Wildman–Crippen LogP) is 4.46. The van der Waals surface area contributed by atoms with E-state index in [-0.39, 0.29) is 23.6 Å². The number of amides is 2. The minimum atomic E-state index is -0.353. The molecule has 1 N–H and O–H groups in total. The van der Waals surface area contributed by atoms with Gasteiger partial charge in [0.05, 0.1) is 11.3 Å². The van der Waals surface area contributed by atoms with Crippen LogP contribution >= 0.6 is 0 Å². The average molecular weight is 425 g/mol. The summed E-state index contributed by atoms with van der Waals surface area (Å²) in [5.74, 6) is 0.798. The van der Waals surface area contributed by atoms with Gasteiger partial charge in [-0.25, -0.2) is 14.4 Å². The van der Waals surface area contributed by atoms with Crippen LogP contribution in [0.5, 0.6) is 0 Å². The van der Waals surface area contributed by atoms with E-state index in [1.165, 1.54) is 43.5 Å². The molecule has 6 nitrogen and oxygen atoms in total. The first kappa shape index (κ1) is 21.4. The number of nitrogens with one attached hydrogen (secondary N) is 1. The number of aryl methyl sites for hydroxylation is 1. The molecule has 0 bridgehead atoms. The average Bonchev–Trinajstić information content (AvgIpc) is 2.80. The summed E-state index contributed by atoms with van der Waals surface area (Å²) in [5.41, 5.74) is 1.54. The standard InChI is InChI=1S/C24H29FN4O2/c1-16-21(23(30)28-20-9-7-19(25)8-10-20)15-26-22(27-16)17-11-13-29(14-12-17)24(31)18-5-3-2-4-6-18/h7-10,15,17-18H,2-6,11-14H2,1H3,(H,28,30). The molecule has 0 unspecified atom stereocenters. The Morgan fingerprint density at radius 3 is 2.35 bits per heavy atom. The van der Waals surface area contributed by atoms with Crippen molar-refractivity contribution in [3.8, 4) is 0 Å². The molecule has 2 heterocycles. The lowest BCUT2D eigenvalue weighted by molar-refractivity contribution is -0.137. The van der Waals surface area contributed by atoms with Crippen molar-refractivity contribution in [3.05, 3.63) is 53.4 Å². The van der Waals surface area contributed by atoms with Gasteiger partial charge in [-0.3, -0.25) is 9.59 Å². The van der Waals surface area contributed by atoms with E-state index in [9.17, 15) is 14.0 Å². The van der Waals surface area contributed by atoms with Crippen LogP contribution < -0.4 is 5.32 Å². The molecule has 164 valence electrons. The van der Waals surface area contributed by atoms with Crippen LogP contribution in [0.4, 0.5) is 10.1 Å². The third-order valence-corrected chi connectivity index (χ3v) is 6.47. The highest BCUT2D eigenvalue weighted by Crippen LogP contribution is 2.30. The SMILES string of the molecule is Cc1nc(C2CCN(C(=O)C3CCCCC3)CC2)ncc1C(=O)Nc1ccc(F)cc1. The fourth-order valence-corrected chi connectivity index (χ4v) is 4.60. The van der Waals surface area contributed by atoms with Crippen molar-refractivity contribution in [1.82, 2.24) is 14.9 Å². The summed E-state index contributed by atoms with van der Waals surface area (Å²) >= 11 is 0. The van der Waals surface area contributed by atoms with E-state index < -0.39 is 0 Å². The number of aromatic nitrogens is 2. The van der Waals surface area contributed by atoms with Crippen molar-refractivity contribution < 1.29 is 14.0 Å². The Hall–Kier alpha value is -2.83. The highest BCUT2D eigenvalue weighted by atomic mass is 19.1. The maximum Gasteiger partial charge on any atom is 0.259 e. The molecule has 1 aromatic carbocycles. The molecule has 1 aliphatic heterocycles. The largest absolute Gasteiger partial charge is 0.342 e. The normalized spacial score (nSPS) is 18.1. The second-order valence-corrected chi connectivity index (χ2v) is 8.62. The quantitative estimate of drug-likeness (QED) is 0.786. The molecule has 1 saturated carbocycles. The fourth-order valence-electron chi connectivity index (χ4n) is 4.60. The number of carbonyl (C=O) groups excluding carboxylic acids is 2. The van der Waals surface area contributed by atoms with Gasteiger partial charge in [-0.2, -0.15) is 0 Å². The summed E-state index contributed by atoms with van der Waals surface area (Å²) in [7, 11) is 0. The Labute approximate surface area is 182 Å². The van der Waals surface area contributed by atoms with Gasteiger partial charge in [0, 0.05) is 36.8 Å². The number of piperidine rings is 1. The number of benzene rings is 1. The molecule has 2 fully saturated rings. The van der Waals surface area contributed by atoms with Crippen LogP contribution in [-0.4, -0.2) is 39.8 Å². The number of carbonyl (C=O) groups is 2. The predicted molar refractivity (Wildman–Crippen MR) is 116 cm³/mol. The van der Waals surface area contributed by atoms with Gasteiger partial charge >= 0.3 is 0 Å². The zero-order valence-corrected chi connectivity index (χ0v) is 17.9. The van der Waals surface area contributed by atoms with E-state index in [1.54, 1.807) is 13.1 Å². The third kappa shape index (κ3) is 5.09. The van der Waals surface area contributed by atoms with Crippen molar-refractivity contribution in [1.29, 1.82) is 0 Å². The van der Waals surface area contributed by atoms with Crippen molar-refractivity contribution in [2.75, 3.05) is 18.4 Å². The Morgan fingerprint density at radius 1 is 1.03 bits per heavy atom. The van der Waals surface area contributed by atoms with Gasteiger partial charge in [0.1, 0.15) is 11.6 Å². The van der Waals surface area contributed by atoms with E-state index in [4.69, 9.17) is 0 Å². The Bertz CT molecular complexity index is 933. The number of rotatable bonds is 4. The molecule has 0 atom stereocenters. The molecular formula is C24H29FN4O2. The van der Waals surface area contributed by atoms with Crippen molar-refractivity contribution in [2.24, 2.45) is 5.92 Å². The van der Waals surface area contributed by atoms with Crippen molar-refractivity contribution >= 4 is 17.5 Å². The van der Waals surface area contributed by atoms with E-state index in [1.807, 2.05) is 4.90 Å². The summed E-state index contributed by atoms with van der Waals surface area (Å²) < 4.78 is 13.0. The van der Waals surface area contributed by atoms with Gasteiger partial charge in [0.25, 0.3) is 5.91 Å². The zero-order chi connectivity index (χ0) is 21.8. The molecule has 7 heteroatoms. The third-order valence-electron chi connectivity index (χ3n) is 6.47. The summed E-state index contributed by atoms with van der Waals surface area (Å²) in [5, 5.41) is 2.74. The Kier molecular flexibility index (Phi) is 6.59. The number of halogens is 1. The minimum absolute atomic E-state index is 0.198. The second kappa shape index (κ2) is 9.54. The molecule has 4 rings (SSSR count). The van der Waals surface area contributed by atoms with Crippen LogP contribution in [0.2, 0.25) is 0 Å². The smallest absolute Gasteiger partial charge is 0.259 e. The van der Waals surface area contributed by atoms with Crippen LogP contribution in [0.15, 0.2) is 30.5 Å². The highest BCUT2D eigenvalue weighted by Gasteiger charge is 2.30. The Balaban J connectivity index is 1.35. The van der Waals surface area contributed by atoms with E-state index in [0.29, 0.717) is 22.9 Å². The van der Waals surface area contributed by atoms with E-state index >= 15 is 0 Å². The van der Waals surface area contributed by atoms with E-state index in [0.717, 1.165) is 44.6 Å². The molecule has 1 aromatic heterocycles. The lowest BCUT2D eigenvalue weighted by atomic mass is 9.87. The lowest BCUT2D eigenvalue weighted by Gasteiger charge is -2.34. The first-order valence-corrected chi connectivity index (χ1v) is 11.2.